The minimum absolute atomic E-state index is 0.0823. The Balaban J connectivity index is 2.35. The minimum Gasteiger partial charge on any atom is -0.377 e. The summed E-state index contributed by atoms with van der Waals surface area (Å²) < 4.78 is 30.5. The number of nitrogens with zero attached hydrogens (tertiary/aromatic N) is 1. The molecule has 0 radical (unpaired) electrons. The lowest BCUT2D eigenvalue weighted by Crippen LogP contribution is -2.38. The van der Waals surface area contributed by atoms with Crippen LogP contribution in [0.5, 0.6) is 0 Å². The molecular weight excluding hydrogens is 228 g/mol. The number of sulfonamides is 1. The average Bonchev–Trinajstić information content (AvgIpc) is 2.70. The van der Waals surface area contributed by atoms with Crippen LogP contribution in [0.2, 0.25) is 0 Å². The Hall–Kier alpha value is -0.170. The number of hydrogen-bond acceptors (Lipinski definition) is 4. The van der Waals surface area contributed by atoms with Crippen LogP contribution >= 0.6 is 0 Å². The van der Waals surface area contributed by atoms with Gasteiger partial charge in [0, 0.05) is 26.7 Å². The van der Waals surface area contributed by atoms with E-state index in [-0.39, 0.29) is 11.9 Å². The molecule has 0 aromatic carbocycles. The Bertz CT molecular complexity index is 286. The molecule has 5 nitrogen and oxygen atoms in total. The van der Waals surface area contributed by atoms with E-state index in [0.29, 0.717) is 13.1 Å². The molecule has 0 aromatic heterocycles. The quantitative estimate of drug-likeness (QED) is 0.648. The zero-order valence-electron chi connectivity index (χ0n) is 10.1. The fourth-order valence-corrected chi connectivity index (χ4v) is 2.83. The molecule has 1 heterocycles. The first kappa shape index (κ1) is 13.9. The smallest absolute Gasteiger partial charge is 0.215 e. The van der Waals surface area contributed by atoms with Crippen molar-refractivity contribution in [2.24, 2.45) is 0 Å². The van der Waals surface area contributed by atoms with E-state index in [1.807, 2.05) is 6.92 Å². The van der Waals surface area contributed by atoms with Gasteiger partial charge >= 0.3 is 0 Å². The summed E-state index contributed by atoms with van der Waals surface area (Å²) in [7, 11) is -1.50. The average molecular weight is 250 g/mol. The summed E-state index contributed by atoms with van der Waals surface area (Å²) in [4.78, 5) is 0. The fraction of sp³-hybridized carbons (Fsp3) is 1.00. The Morgan fingerprint density at radius 1 is 1.50 bits per heavy atom. The van der Waals surface area contributed by atoms with Gasteiger partial charge in [-0.05, 0) is 19.4 Å². The van der Waals surface area contributed by atoms with Crippen LogP contribution in [-0.4, -0.2) is 57.9 Å². The monoisotopic (exact) mass is 250 g/mol. The van der Waals surface area contributed by atoms with E-state index in [9.17, 15) is 8.42 Å². The van der Waals surface area contributed by atoms with Crippen molar-refractivity contribution in [3.8, 4) is 0 Å². The lowest BCUT2D eigenvalue weighted by molar-refractivity contribution is 0.0979. The molecule has 1 rings (SSSR count). The Morgan fingerprint density at radius 2 is 2.25 bits per heavy atom. The van der Waals surface area contributed by atoms with Gasteiger partial charge < -0.3 is 10.1 Å². The lowest BCUT2D eigenvalue weighted by atomic mass is 10.2. The summed E-state index contributed by atoms with van der Waals surface area (Å²) in [5, 5.41) is 3.02. The van der Waals surface area contributed by atoms with E-state index in [2.05, 4.69) is 5.32 Å². The maximum absolute atomic E-state index is 11.8. The number of likely N-dealkylation sites (N-methyl/N-ethyl adjacent to an activating group) is 1. The molecule has 6 heteroatoms. The summed E-state index contributed by atoms with van der Waals surface area (Å²) in [5.41, 5.74) is 0. The second-order valence-corrected chi connectivity index (χ2v) is 6.28. The summed E-state index contributed by atoms with van der Waals surface area (Å²) in [6, 6.07) is 0. The molecule has 1 N–H and O–H groups in total. The maximum atomic E-state index is 11.8. The number of ether oxygens (including phenoxy) is 1. The zero-order valence-corrected chi connectivity index (χ0v) is 10.9. The Kier molecular flexibility index (Phi) is 5.68. The van der Waals surface area contributed by atoms with E-state index >= 15 is 0 Å². The predicted octanol–water partition coefficient (Wildman–Crippen LogP) is 0.0365. The van der Waals surface area contributed by atoms with Crippen molar-refractivity contribution in [2.75, 3.05) is 39.0 Å². The molecule has 1 aliphatic heterocycles. The first-order valence-corrected chi connectivity index (χ1v) is 7.43. The first-order chi connectivity index (χ1) is 7.56. The largest absolute Gasteiger partial charge is 0.377 e. The van der Waals surface area contributed by atoms with Gasteiger partial charge in [-0.25, -0.2) is 12.7 Å². The topological polar surface area (TPSA) is 58.6 Å². The molecule has 0 spiro atoms. The molecule has 0 aromatic rings. The van der Waals surface area contributed by atoms with Gasteiger partial charge in [0.05, 0.1) is 11.9 Å². The molecule has 0 amide bonds. The molecule has 1 saturated heterocycles. The standard InChI is InChI=1S/C10H22N2O3S/c1-3-11-6-8-16(13,14)12(2)9-10-5-4-7-15-10/h10-11H,3-9H2,1-2H3. The minimum atomic E-state index is -3.13. The highest BCUT2D eigenvalue weighted by Gasteiger charge is 2.23. The van der Waals surface area contributed by atoms with Crippen LogP contribution in [0.15, 0.2) is 0 Å². The summed E-state index contributed by atoms with van der Waals surface area (Å²) in [6.45, 7) is 4.51. The van der Waals surface area contributed by atoms with Crippen molar-refractivity contribution in [3.63, 3.8) is 0 Å². The third-order valence-corrected chi connectivity index (χ3v) is 4.57. The van der Waals surface area contributed by atoms with Crippen molar-refractivity contribution in [1.29, 1.82) is 0 Å². The molecule has 1 fully saturated rings. The molecule has 0 aliphatic carbocycles. The van der Waals surface area contributed by atoms with Crippen LogP contribution in [0.1, 0.15) is 19.8 Å². The van der Waals surface area contributed by atoms with Crippen LogP contribution in [0.4, 0.5) is 0 Å². The molecule has 1 atom stereocenters. The van der Waals surface area contributed by atoms with E-state index in [4.69, 9.17) is 4.74 Å². The van der Waals surface area contributed by atoms with Crippen LogP contribution in [0, 0.1) is 0 Å². The van der Waals surface area contributed by atoms with Gasteiger partial charge in [-0.15, -0.1) is 0 Å². The molecule has 0 saturated carbocycles. The fourth-order valence-electron chi connectivity index (χ4n) is 1.72. The van der Waals surface area contributed by atoms with Gasteiger partial charge in [-0.2, -0.15) is 0 Å². The second-order valence-electron chi connectivity index (χ2n) is 4.09. The van der Waals surface area contributed by atoms with Crippen LogP contribution in [0.25, 0.3) is 0 Å². The zero-order chi connectivity index (χ0) is 12.0. The van der Waals surface area contributed by atoms with Crippen LogP contribution in [0.3, 0.4) is 0 Å². The normalized spacial score (nSPS) is 21.8. The molecule has 1 unspecified atom stereocenters. The summed E-state index contributed by atoms with van der Waals surface area (Å²) in [6.07, 6.45) is 2.09. The molecular formula is C10H22N2O3S. The highest BCUT2D eigenvalue weighted by Crippen LogP contribution is 2.14. The number of rotatable bonds is 7. The summed E-state index contributed by atoms with van der Waals surface area (Å²) >= 11 is 0. The second kappa shape index (κ2) is 6.54. The molecule has 1 aliphatic rings. The highest BCUT2D eigenvalue weighted by atomic mass is 32.2. The first-order valence-electron chi connectivity index (χ1n) is 5.82. The Labute approximate surface area is 98.2 Å². The lowest BCUT2D eigenvalue weighted by Gasteiger charge is -2.20. The van der Waals surface area contributed by atoms with Gasteiger partial charge in [-0.1, -0.05) is 6.92 Å². The molecule has 0 bridgehead atoms. The van der Waals surface area contributed by atoms with Crippen molar-refractivity contribution in [1.82, 2.24) is 9.62 Å². The third kappa shape index (κ3) is 4.37. The molecule has 96 valence electrons. The van der Waals surface area contributed by atoms with E-state index in [1.54, 1.807) is 7.05 Å². The van der Waals surface area contributed by atoms with Crippen molar-refractivity contribution in [3.05, 3.63) is 0 Å². The molecule has 16 heavy (non-hydrogen) atoms. The predicted molar refractivity (Wildman–Crippen MR) is 63.9 cm³/mol. The van der Waals surface area contributed by atoms with E-state index < -0.39 is 10.0 Å². The van der Waals surface area contributed by atoms with Crippen LogP contribution < -0.4 is 5.32 Å². The van der Waals surface area contributed by atoms with Gasteiger partial charge in [-0.3, -0.25) is 0 Å². The SMILES string of the molecule is CCNCCS(=O)(=O)N(C)CC1CCCO1. The highest BCUT2D eigenvalue weighted by molar-refractivity contribution is 7.89. The van der Waals surface area contributed by atoms with E-state index in [0.717, 1.165) is 26.0 Å². The van der Waals surface area contributed by atoms with Crippen molar-refractivity contribution < 1.29 is 13.2 Å². The van der Waals surface area contributed by atoms with Crippen LogP contribution in [-0.2, 0) is 14.8 Å². The van der Waals surface area contributed by atoms with Gasteiger partial charge in [0.1, 0.15) is 0 Å². The van der Waals surface area contributed by atoms with Gasteiger partial charge in [0.2, 0.25) is 10.0 Å². The third-order valence-electron chi connectivity index (χ3n) is 2.75. The van der Waals surface area contributed by atoms with Gasteiger partial charge in [0.15, 0.2) is 0 Å². The summed E-state index contributed by atoms with van der Waals surface area (Å²) in [5.74, 6) is 0.157. The van der Waals surface area contributed by atoms with Crippen molar-refractivity contribution in [2.45, 2.75) is 25.9 Å². The number of hydrogen-bond donors (Lipinski definition) is 1. The van der Waals surface area contributed by atoms with Gasteiger partial charge in [0.25, 0.3) is 0 Å². The van der Waals surface area contributed by atoms with E-state index in [1.165, 1.54) is 4.31 Å². The maximum Gasteiger partial charge on any atom is 0.215 e. The Morgan fingerprint density at radius 3 is 2.81 bits per heavy atom. The van der Waals surface area contributed by atoms with Crippen molar-refractivity contribution >= 4 is 10.0 Å². The number of nitrogens with one attached hydrogen (secondary N) is 1.